The van der Waals surface area contributed by atoms with Gasteiger partial charge in [0.2, 0.25) is 0 Å². The van der Waals surface area contributed by atoms with Gasteiger partial charge >= 0.3 is 11.9 Å². The van der Waals surface area contributed by atoms with Crippen LogP contribution in [0.25, 0.3) is 0 Å². The van der Waals surface area contributed by atoms with Crippen molar-refractivity contribution in [2.24, 2.45) is 5.92 Å². The van der Waals surface area contributed by atoms with Crippen molar-refractivity contribution in [3.63, 3.8) is 0 Å². The predicted octanol–water partition coefficient (Wildman–Crippen LogP) is 2.58. The topological polar surface area (TPSA) is 71.1 Å². The number of hydrogen-bond acceptors (Lipinski definition) is 6. The average Bonchev–Trinajstić information content (AvgIpc) is 2.61. The Balaban J connectivity index is 2.13. The standard InChI is InChI=1S/C19H22O6/c1-4-23-19(24-5-2)11-14-12-8-6-7-9-16(12)25-17(20)13(14)10-15(19)18(21)22-3/h6-10,14-15H,4-5,11H2,1-3H3/t14-,15-/m1/s1. The zero-order valence-electron chi connectivity index (χ0n) is 14.6. The summed E-state index contributed by atoms with van der Waals surface area (Å²) in [5.74, 6) is -2.67. The fourth-order valence-electron chi connectivity index (χ4n) is 3.65. The number of para-hydroxylation sites is 1. The molecule has 3 rings (SSSR count). The van der Waals surface area contributed by atoms with Crippen LogP contribution in [-0.4, -0.2) is 38.0 Å². The first kappa shape index (κ1) is 17.6. The highest BCUT2D eigenvalue weighted by atomic mass is 16.7. The molecule has 1 aromatic rings. The molecule has 6 heteroatoms. The minimum atomic E-state index is -1.17. The fourth-order valence-corrected chi connectivity index (χ4v) is 3.65. The summed E-state index contributed by atoms with van der Waals surface area (Å²) in [5.41, 5.74) is 1.34. The average molecular weight is 346 g/mol. The van der Waals surface area contributed by atoms with E-state index in [0.717, 1.165) is 5.56 Å². The first-order valence-electron chi connectivity index (χ1n) is 8.44. The Morgan fingerprint density at radius 2 is 1.92 bits per heavy atom. The monoisotopic (exact) mass is 346 g/mol. The van der Waals surface area contributed by atoms with E-state index in [1.165, 1.54) is 7.11 Å². The molecule has 0 saturated carbocycles. The summed E-state index contributed by atoms with van der Waals surface area (Å²) in [4.78, 5) is 24.8. The Morgan fingerprint density at radius 1 is 1.24 bits per heavy atom. The molecular formula is C19H22O6. The smallest absolute Gasteiger partial charge is 0.339 e. The SMILES string of the molecule is CCOC1(OCC)C[C@H]2C(=C[C@@H]1C(=O)OC)C(=O)Oc1ccccc12. The fraction of sp³-hybridized carbons (Fsp3) is 0.474. The van der Waals surface area contributed by atoms with E-state index < -0.39 is 23.6 Å². The lowest BCUT2D eigenvalue weighted by atomic mass is 9.73. The molecule has 0 radical (unpaired) electrons. The Bertz CT molecular complexity index is 702. The highest BCUT2D eigenvalue weighted by molar-refractivity contribution is 5.95. The molecule has 0 unspecified atom stereocenters. The van der Waals surface area contributed by atoms with Gasteiger partial charge in [-0.25, -0.2) is 4.79 Å². The maximum absolute atomic E-state index is 12.5. The molecule has 0 amide bonds. The van der Waals surface area contributed by atoms with Gasteiger partial charge in [-0.3, -0.25) is 4.79 Å². The summed E-state index contributed by atoms with van der Waals surface area (Å²) in [6.07, 6.45) is 1.93. The van der Waals surface area contributed by atoms with Crippen LogP contribution in [0.2, 0.25) is 0 Å². The molecular weight excluding hydrogens is 324 g/mol. The third-order valence-electron chi connectivity index (χ3n) is 4.65. The Labute approximate surface area is 146 Å². The van der Waals surface area contributed by atoms with Crippen LogP contribution in [0.3, 0.4) is 0 Å². The second kappa shape index (κ2) is 6.98. The molecule has 1 aliphatic heterocycles. The number of carbonyl (C=O) groups excluding carboxylic acids is 2. The van der Waals surface area contributed by atoms with Crippen molar-refractivity contribution in [2.75, 3.05) is 20.3 Å². The van der Waals surface area contributed by atoms with Gasteiger partial charge in [-0.15, -0.1) is 0 Å². The lowest BCUT2D eigenvalue weighted by Gasteiger charge is -2.44. The minimum absolute atomic E-state index is 0.253. The number of ether oxygens (including phenoxy) is 4. The number of benzene rings is 1. The van der Waals surface area contributed by atoms with E-state index >= 15 is 0 Å². The van der Waals surface area contributed by atoms with Gasteiger partial charge in [0.1, 0.15) is 11.7 Å². The van der Waals surface area contributed by atoms with Gasteiger partial charge in [-0.05, 0) is 19.9 Å². The number of hydrogen-bond donors (Lipinski definition) is 0. The Morgan fingerprint density at radius 3 is 2.56 bits per heavy atom. The third kappa shape index (κ3) is 2.96. The van der Waals surface area contributed by atoms with Crippen LogP contribution < -0.4 is 4.74 Å². The number of rotatable bonds is 5. The van der Waals surface area contributed by atoms with Gasteiger partial charge in [0, 0.05) is 36.7 Å². The van der Waals surface area contributed by atoms with E-state index in [0.29, 0.717) is 31.0 Å². The number of carbonyl (C=O) groups is 2. The summed E-state index contributed by atoms with van der Waals surface area (Å²) in [6, 6.07) is 7.39. The highest BCUT2D eigenvalue weighted by Gasteiger charge is 2.53. The molecule has 0 bridgehead atoms. The maximum atomic E-state index is 12.5. The molecule has 0 spiro atoms. The first-order chi connectivity index (χ1) is 12.1. The van der Waals surface area contributed by atoms with E-state index in [4.69, 9.17) is 18.9 Å². The van der Waals surface area contributed by atoms with Crippen LogP contribution >= 0.6 is 0 Å². The molecule has 1 heterocycles. The molecule has 2 aliphatic rings. The first-order valence-corrected chi connectivity index (χ1v) is 8.44. The zero-order chi connectivity index (χ0) is 18.0. The third-order valence-corrected chi connectivity index (χ3v) is 4.65. The summed E-state index contributed by atoms with van der Waals surface area (Å²) < 4.78 is 22.2. The van der Waals surface area contributed by atoms with Crippen molar-refractivity contribution >= 4 is 11.9 Å². The van der Waals surface area contributed by atoms with E-state index in [-0.39, 0.29) is 5.92 Å². The van der Waals surface area contributed by atoms with Crippen molar-refractivity contribution in [2.45, 2.75) is 32.0 Å². The van der Waals surface area contributed by atoms with Gasteiger partial charge in [-0.2, -0.15) is 0 Å². The molecule has 0 aromatic heterocycles. The molecule has 2 atom stereocenters. The lowest BCUT2D eigenvalue weighted by Crippen LogP contribution is -2.51. The van der Waals surface area contributed by atoms with Crippen LogP contribution in [0, 0.1) is 5.92 Å². The predicted molar refractivity (Wildman–Crippen MR) is 89.0 cm³/mol. The van der Waals surface area contributed by atoms with Crippen LogP contribution in [0.15, 0.2) is 35.9 Å². The molecule has 6 nitrogen and oxygen atoms in total. The summed E-state index contributed by atoms with van der Waals surface area (Å²) >= 11 is 0. The largest absolute Gasteiger partial charge is 0.468 e. The molecule has 134 valence electrons. The second-order valence-electron chi connectivity index (χ2n) is 5.98. The minimum Gasteiger partial charge on any atom is -0.468 e. The van der Waals surface area contributed by atoms with Gasteiger partial charge in [0.25, 0.3) is 0 Å². The molecule has 1 aliphatic carbocycles. The van der Waals surface area contributed by atoms with E-state index in [1.54, 1.807) is 12.1 Å². The Hall–Kier alpha value is -2.18. The molecule has 1 aromatic carbocycles. The van der Waals surface area contributed by atoms with Crippen molar-refractivity contribution < 1.29 is 28.5 Å². The maximum Gasteiger partial charge on any atom is 0.339 e. The number of esters is 2. The lowest BCUT2D eigenvalue weighted by molar-refractivity contribution is -0.263. The normalized spacial score (nSPS) is 23.8. The zero-order valence-corrected chi connectivity index (χ0v) is 14.6. The quantitative estimate of drug-likeness (QED) is 0.464. The molecule has 0 N–H and O–H groups in total. The van der Waals surface area contributed by atoms with Gasteiger partial charge in [0.05, 0.1) is 7.11 Å². The molecule has 0 fully saturated rings. The van der Waals surface area contributed by atoms with Crippen molar-refractivity contribution in [1.82, 2.24) is 0 Å². The number of fused-ring (bicyclic) bond motifs is 3. The van der Waals surface area contributed by atoms with Crippen LogP contribution in [0.1, 0.15) is 31.7 Å². The number of methoxy groups -OCH3 is 1. The van der Waals surface area contributed by atoms with E-state index in [1.807, 2.05) is 32.0 Å². The van der Waals surface area contributed by atoms with Crippen molar-refractivity contribution in [1.29, 1.82) is 0 Å². The highest BCUT2D eigenvalue weighted by Crippen LogP contribution is 2.49. The summed E-state index contributed by atoms with van der Waals surface area (Å²) in [5, 5.41) is 0. The summed E-state index contributed by atoms with van der Waals surface area (Å²) in [7, 11) is 1.31. The van der Waals surface area contributed by atoms with Gasteiger partial charge < -0.3 is 18.9 Å². The van der Waals surface area contributed by atoms with Crippen LogP contribution in [0.4, 0.5) is 0 Å². The molecule has 0 saturated heterocycles. The van der Waals surface area contributed by atoms with Crippen molar-refractivity contribution in [3.05, 3.63) is 41.5 Å². The van der Waals surface area contributed by atoms with Crippen molar-refractivity contribution in [3.8, 4) is 5.75 Å². The summed E-state index contributed by atoms with van der Waals surface area (Å²) in [6.45, 7) is 4.43. The van der Waals surface area contributed by atoms with Crippen LogP contribution in [-0.2, 0) is 23.8 Å². The van der Waals surface area contributed by atoms with E-state index in [2.05, 4.69) is 0 Å². The molecule has 25 heavy (non-hydrogen) atoms. The van der Waals surface area contributed by atoms with E-state index in [9.17, 15) is 9.59 Å². The van der Waals surface area contributed by atoms with Gasteiger partial charge in [-0.1, -0.05) is 24.3 Å². The Kier molecular flexibility index (Phi) is 4.92. The van der Waals surface area contributed by atoms with Gasteiger partial charge in [0.15, 0.2) is 5.79 Å². The van der Waals surface area contributed by atoms with Crippen LogP contribution in [0.5, 0.6) is 5.75 Å². The second-order valence-corrected chi connectivity index (χ2v) is 5.98.